The lowest BCUT2D eigenvalue weighted by atomic mass is 9.81. The number of likely N-dealkylation sites (tertiary alicyclic amines) is 1. The highest BCUT2D eigenvalue weighted by Crippen LogP contribution is 2.31. The van der Waals surface area contributed by atoms with Crippen molar-refractivity contribution in [1.29, 1.82) is 0 Å². The van der Waals surface area contributed by atoms with Crippen LogP contribution in [0.3, 0.4) is 0 Å². The average molecular weight is 702 g/mol. The molecule has 0 radical (unpaired) electrons. The van der Waals surface area contributed by atoms with Crippen LogP contribution in [0.15, 0.2) is 40.8 Å². The van der Waals surface area contributed by atoms with Gasteiger partial charge in [-0.15, -0.1) is 0 Å². The molecule has 5 atom stereocenters. The van der Waals surface area contributed by atoms with E-state index in [0.717, 1.165) is 24.3 Å². The van der Waals surface area contributed by atoms with Crippen LogP contribution in [-0.4, -0.2) is 92.5 Å². The van der Waals surface area contributed by atoms with Crippen molar-refractivity contribution in [3.05, 3.63) is 35.9 Å². The van der Waals surface area contributed by atoms with Crippen LogP contribution in [0.1, 0.15) is 68.2 Å². The summed E-state index contributed by atoms with van der Waals surface area (Å²) in [5, 5.41) is 1.63. The van der Waals surface area contributed by atoms with Crippen molar-refractivity contribution in [3.8, 4) is 0 Å². The first-order valence-corrected chi connectivity index (χ1v) is 17.6. The summed E-state index contributed by atoms with van der Waals surface area (Å²) in [7, 11) is -1.07. The van der Waals surface area contributed by atoms with E-state index in [1.165, 1.54) is 14.0 Å². The van der Waals surface area contributed by atoms with Gasteiger partial charge in [0.2, 0.25) is 11.8 Å². The molecule has 0 spiro atoms. The van der Waals surface area contributed by atoms with Crippen LogP contribution in [-0.2, 0) is 33.8 Å². The lowest BCUT2D eigenvalue weighted by molar-refractivity contribution is -0.167. The molecule has 14 heteroatoms. The number of likely N-dealkylation sites (N-methyl/N-ethyl adjacent to an activating group) is 1. The molecule has 1 aromatic carbocycles. The number of hydrogen-bond donors (Lipinski definition) is 1. The number of ether oxygens (including phenoxy) is 1. The summed E-state index contributed by atoms with van der Waals surface area (Å²) < 4.78 is 69.4. The summed E-state index contributed by atoms with van der Waals surface area (Å²) in [5.41, 5.74) is -0.0611. The number of carbonyl (C=O) groups is 4. The predicted molar refractivity (Wildman–Crippen MR) is 177 cm³/mol. The number of Topliss-reactive ketones (excluding diaryl/α,β-unsaturated/α-hetero) is 1. The van der Waals surface area contributed by atoms with Gasteiger partial charge >= 0.3 is 12.1 Å². The lowest BCUT2D eigenvalue weighted by Crippen LogP contribution is -2.49. The summed E-state index contributed by atoms with van der Waals surface area (Å²) >= 11 is 0. The number of methoxy groups -OCH3 is 1. The third-order valence-corrected chi connectivity index (χ3v) is 10.8. The molecule has 0 aromatic heterocycles. The third-order valence-electron chi connectivity index (χ3n) is 9.18. The van der Waals surface area contributed by atoms with E-state index in [0.29, 0.717) is 25.0 Å². The number of halogens is 3. The molecule has 1 aromatic rings. The molecule has 3 amide bonds. The van der Waals surface area contributed by atoms with Gasteiger partial charge in [0.25, 0.3) is 0 Å². The largest absolute Gasteiger partial charge is 0.471 e. The minimum Gasteiger partial charge on any atom is -0.379 e. The van der Waals surface area contributed by atoms with E-state index in [1.54, 1.807) is 35.2 Å². The van der Waals surface area contributed by atoms with Gasteiger partial charge in [-0.1, -0.05) is 54.5 Å². The highest BCUT2D eigenvalue weighted by molar-refractivity contribution is 7.92. The highest BCUT2D eigenvalue weighted by Gasteiger charge is 2.42. The van der Waals surface area contributed by atoms with Crippen molar-refractivity contribution in [2.75, 3.05) is 31.8 Å². The number of rotatable bonds is 13. The number of alkyl halides is 3. The van der Waals surface area contributed by atoms with Crippen LogP contribution in [0, 0.1) is 23.2 Å². The van der Waals surface area contributed by atoms with Crippen LogP contribution in [0.25, 0.3) is 0 Å². The Bertz CT molecular complexity index is 1470. The molecule has 2 rings (SSSR count). The van der Waals surface area contributed by atoms with Gasteiger partial charge in [-0.25, -0.2) is 8.42 Å². The molecule has 270 valence electrons. The second kappa shape index (κ2) is 16.0. The van der Waals surface area contributed by atoms with E-state index in [9.17, 15) is 40.8 Å². The standard InChI is InChI=1S/C34H50F3N3O7S/c1-20(2)27(39(9)31(43)23(5)33(6,7)8)18-21(3)30(42)40-17-11-12-26(40)29(47-10)22(4)28(41)19-48(45,46)25-15-13-24(14-16-25)38-32(44)34(35,36)37/h13-16,18,20,22-23,26-27,29H,11-12,17,19H2,1-10H3,(H,38,44)/b21-18+/t22-,23+,26-,27+,29+/m0/s1. The third kappa shape index (κ3) is 10.1. The topological polar surface area (TPSA) is 130 Å². The molecular formula is C34H50F3N3O7S. The normalized spacial score (nSPS) is 18.7. The van der Waals surface area contributed by atoms with Crippen LogP contribution in [0.4, 0.5) is 18.9 Å². The zero-order valence-electron chi connectivity index (χ0n) is 29.5. The Morgan fingerprint density at radius 2 is 1.62 bits per heavy atom. The predicted octanol–water partition coefficient (Wildman–Crippen LogP) is 5.28. The molecule has 1 aliphatic rings. The highest BCUT2D eigenvalue weighted by atomic mass is 32.2. The summed E-state index contributed by atoms with van der Waals surface area (Å²) in [6.07, 6.45) is -2.95. The SMILES string of the molecule is CO[C@H]([C@@H](C)C(=O)CS(=O)(=O)c1ccc(NC(=O)C(F)(F)F)cc1)[C@@H]1CCCN1C(=O)/C(C)=C/[C@H](C(C)C)N(C)C(=O)[C@@H](C)C(C)(C)C. The zero-order valence-corrected chi connectivity index (χ0v) is 30.3. The zero-order chi connectivity index (χ0) is 36.9. The first-order chi connectivity index (χ1) is 21.9. The van der Waals surface area contributed by atoms with Gasteiger partial charge < -0.3 is 19.9 Å². The molecule has 1 aliphatic heterocycles. The molecule has 1 saturated heterocycles. The maximum Gasteiger partial charge on any atom is 0.471 e. The second-order valence-electron chi connectivity index (χ2n) is 14.0. The molecule has 1 fully saturated rings. The van der Waals surface area contributed by atoms with Crippen molar-refractivity contribution in [3.63, 3.8) is 0 Å². The van der Waals surface area contributed by atoms with E-state index in [2.05, 4.69) is 0 Å². The molecule has 0 bridgehead atoms. The van der Waals surface area contributed by atoms with Gasteiger partial charge in [0.1, 0.15) is 5.75 Å². The number of hydrogen-bond acceptors (Lipinski definition) is 7. The number of benzene rings is 1. The van der Waals surface area contributed by atoms with Crippen LogP contribution in [0.2, 0.25) is 0 Å². The Morgan fingerprint density at radius 1 is 1.06 bits per heavy atom. The summed E-state index contributed by atoms with van der Waals surface area (Å²) in [6.45, 7) is 15.5. The number of amides is 3. The van der Waals surface area contributed by atoms with Crippen molar-refractivity contribution < 1.29 is 45.5 Å². The first-order valence-electron chi connectivity index (χ1n) is 16.0. The lowest BCUT2D eigenvalue weighted by Gasteiger charge is -2.36. The Labute approximate surface area is 282 Å². The van der Waals surface area contributed by atoms with Crippen molar-refractivity contribution in [2.24, 2.45) is 23.2 Å². The number of ketones is 1. The minimum absolute atomic E-state index is 0.0180. The van der Waals surface area contributed by atoms with Crippen molar-refractivity contribution in [2.45, 2.75) is 97.5 Å². The summed E-state index contributed by atoms with van der Waals surface area (Å²) in [4.78, 5) is 54.6. The van der Waals surface area contributed by atoms with E-state index in [-0.39, 0.29) is 45.7 Å². The molecule has 1 heterocycles. The van der Waals surface area contributed by atoms with Crippen LogP contribution >= 0.6 is 0 Å². The maximum atomic E-state index is 13.8. The van der Waals surface area contributed by atoms with Crippen molar-refractivity contribution in [1.82, 2.24) is 9.80 Å². The number of anilines is 1. The van der Waals surface area contributed by atoms with E-state index >= 15 is 0 Å². The van der Waals surface area contributed by atoms with Gasteiger partial charge in [-0.05, 0) is 55.4 Å². The smallest absolute Gasteiger partial charge is 0.379 e. The Kier molecular flexibility index (Phi) is 13.6. The number of carbonyl (C=O) groups excluding carboxylic acids is 4. The van der Waals surface area contributed by atoms with E-state index < -0.39 is 51.5 Å². The Morgan fingerprint density at radius 3 is 2.10 bits per heavy atom. The maximum absolute atomic E-state index is 13.8. The first kappa shape index (κ1) is 40.9. The Hall–Kier alpha value is -3.26. The quantitative estimate of drug-likeness (QED) is 0.277. The van der Waals surface area contributed by atoms with Gasteiger partial charge in [-0.2, -0.15) is 13.2 Å². The van der Waals surface area contributed by atoms with Gasteiger partial charge in [0.15, 0.2) is 15.6 Å². The van der Waals surface area contributed by atoms with Crippen molar-refractivity contribution >= 4 is 39.0 Å². The number of nitrogens with one attached hydrogen (secondary N) is 1. The Balaban J connectivity index is 2.22. The molecule has 48 heavy (non-hydrogen) atoms. The van der Waals surface area contributed by atoms with Gasteiger partial charge in [0, 0.05) is 43.8 Å². The molecule has 0 unspecified atom stereocenters. The summed E-state index contributed by atoms with van der Waals surface area (Å²) in [5.74, 6) is -5.20. The van der Waals surface area contributed by atoms with E-state index in [1.807, 2.05) is 41.5 Å². The minimum atomic E-state index is -5.11. The van der Waals surface area contributed by atoms with Crippen LogP contribution < -0.4 is 5.32 Å². The molecule has 1 N–H and O–H groups in total. The number of nitrogens with zero attached hydrogens (tertiary/aromatic N) is 2. The molecular weight excluding hydrogens is 651 g/mol. The average Bonchev–Trinajstić information content (AvgIpc) is 3.46. The molecule has 0 saturated carbocycles. The summed E-state index contributed by atoms with van der Waals surface area (Å²) in [6, 6.07) is 3.18. The second-order valence-corrected chi connectivity index (χ2v) is 16.0. The monoisotopic (exact) mass is 701 g/mol. The van der Waals surface area contributed by atoms with Crippen LogP contribution in [0.5, 0.6) is 0 Å². The van der Waals surface area contributed by atoms with E-state index in [4.69, 9.17) is 4.74 Å². The molecule has 10 nitrogen and oxygen atoms in total. The fourth-order valence-electron chi connectivity index (χ4n) is 5.74. The number of sulfone groups is 1. The fourth-order valence-corrected chi connectivity index (χ4v) is 7.10. The van der Waals surface area contributed by atoms with Gasteiger partial charge in [0.05, 0.1) is 23.1 Å². The molecule has 0 aliphatic carbocycles. The van der Waals surface area contributed by atoms with Gasteiger partial charge in [-0.3, -0.25) is 19.2 Å². The fraction of sp³-hybridized carbons (Fsp3) is 0.647.